The van der Waals surface area contributed by atoms with Gasteiger partial charge in [-0.05, 0) is 49.9 Å². The Morgan fingerprint density at radius 2 is 1.96 bits per heavy atom. The van der Waals surface area contributed by atoms with Crippen molar-refractivity contribution < 1.29 is 4.74 Å². The average molecular weight is 383 g/mol. The van der Waals surface area contributed by atoms with Crippen molar-refractivity contribution in [2.24, 2.45) is 4.99 Å². The molecule has 142 valence electrons. The molecule has 1 saturated carbocycles. The van der Waals surface area contributed by atoms with Gasteiger partial charge in [-0.1, -0.05) is 19.3 Å². The number of benzene rings is 1. The zero-order valence-corrected chi connectivity index (χ0v) is 17.3. The lowest BCUT2D eigenvalue weighted by Gasteiger charge is -2.19. The molecule has 0 saturated heterocycles. The first-order valence-corrected chi connectivity index (χ1v) is 10.2. The molecule has 5 nitrogen and oxygen atoms in total. The molecule has 0 radical (unpaired) electrons. The number of aromatic nitrogens is 1. The van der Waals surface area contributed by atoms with Gasteiger partial charge in [-0.3, -0.25) is 0 Å². The lowest BCUT2D eigenvalue weighted by molar-refractivity contribution is 0.436. The highest BCUT2D eigenvalue weighted by Gasteiger charge is 2.25. The molecule has 1 aliphatic rings. The molecule has 0 aliphatic heterocycles. The summed E-state index contributed by atoms with van der Waals surface area (Å²) < 4.78 is 10.7. The number of aryl methyl sites for hydroxylation is 2. The summed E-state index contributed by atoms with van der Waals surface area (Å²) in [6.45, 7) is 4.01. The van der Waals surface area contributed by atoms with E-state index < -0.39 is 0 Å². The molecule has 0 bridgehead atoms. The molecule has 6 heteroatoms. The van der Waals surface area contributed by atoms with Gasteiger partial charge in [0.1, 0.15) is 17.4 Å². The second kappa shape index (κ2) is 8.53. The number of nitrogens with zero attached hydrogens (tertiary/aromatic N) is 4. The molecule has 27 heavy (non-hydrogen) atoms. The van der Waals surface area contributed by atoms with E-state index in [9.17, 15) is 5.26 Å². The minimum absolute atomic E-state index is 0.396. The van der Waals surface area contributed by atoms with Crippen molar-refractivity contribution in [2.45, 2.75) is 51.9 Å². The van der Waals surface area contributed by atoms with Crippen LogP contribution < -0.4 is 4.74 Å². The monoisotopic (exact) mass is 382 g/mol. The van der Waals surface area contributed by atoms with Gasteiger partial charge in [-0.25, -0.2) is 4.99 Å². The van der Waals surface area contributed by atoms with Gasteiger partial charge in [0, 0.05) is 31.5 Å². The van der Waals surface area contributed by atoms with Crippen LogP contribution in [-0.4, -0.2) is 29.7 Å². The van der Waals surface area contributed by atoms with Gasteiger partial charge >= 0.3 is 0 Å². The van der Waals surface area contributed by atoms with Gasteiger partial charge in [-0.2, -0.15) is 9.64 Å². The normalized spacial score (nSPS) is 15.1. The summed E-state index contributed by atoms with van der Waals surface area (Å²) in [7, 11) is 3.89. The van der Waals surface area contributed by atoms with E-state index >= 15 is 0 Å². The highest BCUT2D eigenvalue weighted by atomic mass is 32.1. The molecule has 1 aromatic heterocycles. The number of ether oxygens (including phenoxy) is 1. The predicted octanol–water partition coefficient (Wildman–Crippen LogP) is 5.69. The minimum Gasteiger partial charge on any atom is -0.443 e. The predicted molar refractivity (Wildman–Crippen MR) is 110 cm³/mol. The van der Waals surface area contributed by atoms with E-state index in [1.807, 2.05) is 45.0 Å². The lowest BCUT2D eigenvalue weighted by Crippen LogP contribution is -2.07. The van der Waals surface area contributed by atoms with Crippen LogP contribution in [0.1, 0.15) is 60.4 Å². The third kappa shape index (κ3) is 4.48. The fourth-order valence-corrected chi connectivity index (χ4v) is 4.20. The molecule has 0 atom stereocenters. The first kappa shape index (κ1) is 19.4. The molecule has 1 aromatic carbocycles. The molecule has 0 unspecified atom stereocenters. The van der Waals surface area contributed by atoms with Crippen LogP contribution >= 0.6 is 11.5 Å². The molecular weight excluding hydrogens is 356 g/mol. The second-order valence-corrected chi connectivity index (χ2v) is 8.13. The van der Waals surface area contributed by atoms with Crippen LogP contribution in [0.2, 0.25) is 0 Å². The first-order valence-electron chi connectivity index (χ1n) is 9.39. The zero-order valence-electron chi connectivity index (χ0n) is 16.5. The van der Waals surface area contributed by atoms with Crippen molar-refractivity contribution >= 4 is 23.6 Å². The van der Waals surface area contributed by atoms with Crippen molar-refractivity contribution in [3.63, 3.8) is 0 Å². The summed E-state index contributed by atoms with van der Waals surface area (Å²) in [5.41, 5.74) is 4.48. The molecule has 1 aliphatic carbocycles. The Morgan fingerprint density at radius 1 is 1.22 bits per heavy atom. The third-order valence-corrected chi connectivity index (χ3v) is 5.66. The van der Waals surface area contributed by atoms with E-state index in [0.717, 1.165) is 41.1 Å². The standard InChI is InChI=1S/C21H26N4OS/c1-14-11-19(15(2)10-18(14)23-13-25(3)4)26-21-17(12-22)20(24-27-21)16-8-6-5-7-9-16/h10-11,13,16H,5-9H2,1-4H3. The Labute approximate surface area is 165 Å². The molecule has 0 amide bonds. The molecule has 0 spiro atoms. The van der Waals surface area contributed by atoms with Crippen LogP contribution in [-0.2, 0) is 0 Å². The largest absolute Gasteiger partial charge is 0.443 e. The van der Waals surface area contributed by atoms with E-state index in [2.05, 4.69) is 15.4 Å². The quantitative estimate of drug-likeness (QED) is 0.492. The Balaban J connectivity index is 1.86. The number of hydrogen-bond acceptors (Lipinski definition) is 5. The molecule has 2 aromatic rings. The maximum absolute atomic E-state index is 9.70. The molecule has 3 rings (SSSR count). The van der Waals surface area contributed by atoms with E-state index in [-0.39, 0.29) is 0 Å². The lowest BCUT2D eigenvalue weighted by atomic mass is 9.86. The highest BCUT2D eigenvalue weighted by molar-refractivity contribution is 7.08. The minimum atomic E-state index is 0.396. The summed E-state index contributed by atoms with van der Waals surface area (Å²) in [5, 5.41) is 10.3. The number of aliphatic imine (C=N–C) groups is 1. The van der Waals surface area contributed by atoms with Crippen LogP contribution in [0.4, 0.5) is 5.69 Å². The van der Waals surface area contributed by atoms with Gasteiger partial charge in [0.05, 0.1) is 17.7 Å². The molecule has 0 N–H and O–H groups in total. The zero-order chi connectivity index (χ0) is 19.4. The fraction of sp³-hybridized carbons (Fsp3) is 0.476. The molecular formula is C21H26N4OS. The van der Waals surface area contributed by atoms with E-state index in [0.29, 0.717) is 16.5 Å². The van der Waals surface area contributed by atoms with Gasteiger partial charge in [-0.15, -0.1) is 0 Å². The van der Waals surface area contributed by atoms with Crippen LogP contribution in [0.5, 0.6) is 10.8 Å². The number of nitriles is 1. The van der Waals surface area contributed by atoms with E-state index in [4.69, 9.17) is 4.74 Å². The summed E-state index contributed by atoms with van der Waals surface area (Å²) in [5.74, 6) is 1.15. The number of rotatable bonds is 5. The van der Waals surface area contributed by atoms with Crippen LogP contribution in [0.3, 0.4) is 0 Å². The van der Waals surface area contributed by atoms with Gasteiger partial charge in [0.25, 0.3) is 0 Å². The maximum Gasteiger partial charge on any atom is 0.218 e. The average Bonchev–Trinajstić information content (AvgIpc) is 3.06. The van der Waals surface area contributed by atoms with E-state index in [1.165, 1.54) is 30.8 Å². The first-order chi connectivity index (χ1) is 13.0. The maximum atomic E-state index is 9.70. The number of hydrogen-bond donors (Lipinski definition) is 0. The Bertz CT molecular complexity index is 873. The third-order valence-electron chi connectivity index (χ3n) is 4.91. The smallest absolute Gasteiger partial charge is 0.218 e. The van der Waals surface area contributed by atoms with Crippen molar-refractivity contribution in [3.8, 4) is 16.9 Å². The highest BCUT2D eigenvalue weighted by Crippen LogP contribution is 2.41. The topological polar surface area (TPSA) is 61.5 Å². The van der Waals surface area contributed by atoms with Gasteiger partial charge in [0.2, 0.25) is 5.06 Å². The summed E-state index contributed by atoms with van der Waals surface area (Å²) in [6.07, 6.45) is 7.75. The SMILES string of the molecule is Cc1cc(Oc2snc(C3CCCCC3)c2C#N)c(C)cc1N=CN(C)C. The van der Waals surface area contributed by atoms with Crippen molar-refractivity contribution in [1.82, 2.24) is 9.27 Å². The van der Waals surface area contributed by atoms with Crippen LogP contribution in [0.25, 0.3) is 0 Å². The Morgan fingerprint density at radius 3 is 2.63 bits per heavy atom. The van der Waals surface area contributed by atoms with Crippen molar-refractivity contribution in [2.75, 3.05) is 14.1 Å². The van der Waals surface area contributed by atoms with E-state index in [1.54, 1.807) is 6.34 Å². The van der Waals surface area contributed by atoms with Gasteiger partial charge in [0.15, 0.2) is 0 Å². The van der Waals surface area contributed by atoms with Crippen molar-refractivity contribution in [1.29, 1.82) is 5.26 Å². The summed E-state index contributed by atoms with van der Waals surface area (Å²) in [6, 6.07) is 6.33. The van der Waals surface area contributed by atoms with Crippen LogP contribution in [0, 0.1) is 25.2 Å². The summed E-state index contributed by atoms with van der Waals surface area (Å²) in [4.78, 5) is 6.40. The molecule has 1 fully saturated rings. The Kier molecular flexibility index (Phi) is 6.12. The fourth-order valence-electron chi connectivity index (χ4n) is 3.41. The van der Waals surface area contributed by atoms with Gasteiger partial charge < -0.3 is 9.64 Å². The van der Waals surface area contributed by atoms with Crippen molar-refractivity contribution in [3.05, 3.63) is 34.5 Å². The Hall–Kier alpha value is -2.39. The second-order valence-electron chi connectivity index (χ2n) is 7.39. The molecule has 1 heterocycles. The summed E-state index contributed by atoms with van der Waals surface area (Å²) >= 11 is 1.29. The van der Waals surface area contributed by atoms with Crippen LogP contribution in [0.15, 0.2) is 17.1 Å².